The predicted octanol–water partition coefficient (Wildman–Crippen LogP) is 3.99. The molecule has 112 valence electrons. The number of nitrogens with zero attached hydrogens (tertiary/aromatic N) is 2. The molecule has 0 aliphatic heterocycles. The molecule has 1 fully saturated rings. The van der Waals surface area contributed by atoms with Crippen molar-refractivity contribution in [3.05, 3.63) is 30.1 Å². The Morgan fingerprint density at radius 2 is 2.14 bits per heavy atom. The maximum absolute atomic E-state index is 12.5. The molecule has 0 saturated heterocycles. The van der Waals surface area contributed by atoms with Gasteiger partial charge in [-0.3, -0.25) is 4.79 Å². The zero-order chi connectivity index (χ0) is 14.8. The van der Waals surface area contributed by atoms with Crippen molar-refractivity contribution in [2.45, 2.75) is 52.5 Å². The van der Waals surface area contributed by atoms with Crippen molar-refractivity contribution >= 4 is 16.8 Å². The van der Waals surface area contributed by atoms with E-state index in [1.807, 2.05) is 18.2 Å². The number of aryl methyl sites for hydroxylation is 1. The first-order chi connectivity index (χ1) is 10.2. The normalized spacial score (nSPS) is 22.0. The maximum atomic E-state index is 12.5. The molecule has 3 rings (SSSR count). The van der Waals surface area contributed by atoms with Gasteiger partial charge in [0.25, 0.3) is 0 Å². The third-order valence-corrected chi connectivity index (χ3v) is 4.66. The van der Waals surface area contributed by atoms with Crippen LogP contribution >= 0.6 is 0 Å². The molecule has 1 aliphatic rings. The molecule has 0 N–H and O–H groups in total. The van der Waals surface area contributed by atoms with Crippen LogP contribution in [-0.4, -0.2) is 15.3 Å². The van der Waals surface area contributed by atoms with Gasteiger partial charge in [0.2, 0.25) is 0 Å². The Morgan fingerprint density at radius 3 is 2.86 bits per heavy atom. The second-order valence-electron chi connectivity index (χ2n) is 6.43. The number of Topliss-reactive ketones (excluding diaryl/α,β-unsaturated/α-hetero) is 1. The number of rotatable bonds is 5. The van der Waals surface area contributed by atoms with E-state index in [1.165, 1.54) is 6.42 Å². The van der Waals surface area contributed by atoms with Crippen LogP contribution in [0.25, 0.3) is 11.0 Å². The van der Waals surface area contributed by atoms with Gasteiger partial charge in [-0.15, -0.1) is 0 Å². The number of hydrogen-bond donors (Lipinski definition) is 0. The fourth-order valence-corrected chi connectivity index (χ4v) is 3.53. The first kappa shape index (κ1) is 14.3. The first-order valence-electron chi connectivity index (χ1n) is 8.16. The van der Waals surface area contributed by atoms with Gasteiger partial charge in [0.1, 0.15) is 11.6 Å². The number of aromatic nitrogens is 2. The largest absolute Gasteiger partial charge is 0.328 e. The summed E-state index contributed by atoms with van der Waals surface area (Å²) in [6.45, 7) is 5.35. The van der Waals surface area contributed by atoms with Gasteiger partial charge in [-0.05, 0) is 43.7 Å². The standard InChI is InChI=1S/C18H24N2O/c1-3-10-20-16-7-5-4-6-15(16)19-18(20)12-17(21)14-9-8-13(2)11-14/h4-7,13-14H,3,8-12H2,1-2H3. The summed E-state index contributed by atoms with van der Waals surface area (Å²) in [4.78, 5) is 17.2. The summed E-state index contributed by atoms with van der Waals surface area (Å²) < 4.78 is 2.23. The minimum atomic E-state index is 0.259. The van der Waals surface area contributed by atoms with E-state index in [1.54, 1.807) is 0 Å². The summed E-state index contributed by atoms with van der Waals surface area (Å²) in [6, 6.07) is 8.19. The molecule has 2 aromatic rings. The van der Waals surface area contributed by atoms with Crippen LogP contribution in [0.2, 0.25) is 0 Å². The lowest BCUT2D eigenvalue weighted by Gasteiger charge is -2.10. The van der Waals surface area contributed by atoms with E-state index in [4.69, 9.17) is 4.98 Å². The van der Waals surface area contributed by atoms with Gasteiger partial charge in [0, 0.05) is 12.5 Å². The number of ketones is 1. The molecule has 3 nitrogen and oxygen atoms in total. The van der Waals surface area contributed by atoms with Crippen molar-refractivity contribution in [3.63, 3.8) is 0 Å². The minimum absolute atomic E-state index is 0.259. The lowest BCUT2D eigenvalue weighted by molar-refractivity contribution is -0.122. The fraction of sp³-hybridized carbons (Fsp3) is 0.556. The molecular formula is C18H24N2O. The average molecular weight is 284 g/mol. The van der Waals surface area contributed by atoms with E-state index in [0.29, 0.717) is 18.1 Å². The van der Waals surface area contributed by atoms with Crippen molar-refractivity contribution in [2.75, 3.05) is 0 Å². The van der Waals surface area contributed by atoms with Gasteiger partial charge in [-0.2, -0.15) is 0 Å². The monoisotopic (exact) mass is 284 g/mol. The quantitative estimate of drug-likeness (QED) is 0.832. The van der Waals surface area contributed by atoms with Crippen LogP contribution in [0.1, 0.15) is 45.4 Å². The Balaban J connectivity index is 1.85. The number of para-hydroxylation sites is 2. The molecule has 0 bridgehead atoms. The maximum Gasteiger partial charge on any atom is 0.143 e. The second-order valence-corrected chi connectivity index (χ2v) is 6.43. The lowest BCUT2D eigenvalue weighted by atomic mass is 9.98. The van der Waals surface area contributed by atoms with Crippen molar-refractivity contribution in [1.82, 2.24) is 9.55 Å². The summed E-state index contributed by atoms with van der Waals surface area (Å²) in [5, 5.41) is 0. The van der Waals surface area contributed by atoms with Crippen molar-refractivity contribution in [1.29, 1.82) is 0 Å². The molecular weight excluding hydrogens is 260 g/mol. The van der Waals surface area contributed by atoms with Crippen molar-refractivity contribution in [3.8, 4) is 0 Å². The van der Waals surface area contributed by atoms with Gasteiger partial charge >= 0.3 is 0 Å². The average Bonchev–Trinajstić information content (AvgIpc) is 3.04. The Bertz CT molecular complexity index is 644. The highest BCUT2D eigenvalue weighted by Gasteiger charge is 2.28. The van der Waals surface area contributed by atoms with Crippen LogP contribution in [-0.2, 0) is 17.8 Å². The summed E-state index contributed by atoms with van der Waals surface area (Å²) in [6.07, 6.45) is 4.87. The van der Waals surface area contributed by atoms with Crippen LogP contribution in [0.4, 0.5) is 0 Å². The first-order valence-corrected chi connectivity index (χ1v) is 8.16. The van der Waals surface area contributed by atoms with E-state index >= 15 is 0 Å². The number of benzene rings is 1. The Morgan fingerprint density at radius 1 is 1.33 bits per heavy atom. The van der Waals surface area contributed by atoms with E-state index in [0.717, 1.165) is 42.7 Å². The van der Waals surface area contributed by atoms with Gasteiger partial charge in [-0.1, -0.05) is 26.0 Å². The van der Waals surface area contributed by atoms with Crippen LogP contribution in [0.15, 0.2) is 24.3 Å². The smallest absolute Gasteiger partial charge is 0.143 e. The predicted molar refractivity (Wildman–Crippen MR) is 85.2 cm³/mol. The highest BCUT2D eigenvalue weighted by atomic mass is 16.1. The van der Waals surface area contributed by atoms with Crippen LogP contribution in [0.5, 0.6) is 0 Å². The topological polar surface area (TPSA) is 34.9 Å². The fourth-order valence-electron chi connectivity index (χ4n) is 3.53. The molecule has 0 radical (unpaired) electrons. The minimum Gasteiger partial charge on any atom is -0.328 e. The van der Waals surface area contributed by atoms with Crippen molar-refractivity contribution in [2.24, 2.45) is 11.8 Å². The van der Waals surface area contributed by atoms with E-state index in [9.17, 15) is 4.79 Å². The number of imidazole rings is 1. The SMILES string of the molecule is CCCn1c(CC(=O)C2CCC(C)C2)nc2ccccc21. The molecule has 1 aliphatic carbocycles. The van der Waals surface area contributed by atoms with Crippen LogP contribution in [0.3, 0.4) is 0 Å². The zero-order valence-corrected chi connectivity index (χ0v) is 13.0. The van der Waals surface area contributed by atoms with Crippen LogP contribution < -0.4 is 0 Å². The third-order valence-electron chi connectivity index (χ3n) is 4.66. The highest BCUT2D eigenvalue weighted by molar-refractivity contribution is 5.84. The Kier molecular flexibility index (Phi) is 4.09. The number of carbonyl (C=O) groups excluding carboxylic acids is 1. The van der Waals surface area contributed by atoms with Gasteiger partial charge in [-0.25, -0.2) is 4.98 Å². The van der Waals surface area contributed by atoms with Crippen LogP contribution in [0, 0.1) is 11.8 Å². The highest BCUT2D eigenvalue weighted by Crippen LogP contribution is 2.31. The van der Waals surface area contributed by atoms with Gasteiger partial charge in [0.15, 0.2) is 0 Å². The second kappa shape index (κ2) is 6.00. The molecule has 2 atom stereocenters. The molecule has 1 saturated carbocycles. The Hall–Kier alpha value is -1.64. The van der Waals surface area contributed by atoms with Crippen molar-refractivity contribution < 1.29 is 4.79 Å². The molecule has 3 heteroatoms. The molecule has 1 aromatic heterocycles. The summed E-state index contributed by atoms with van der Waals surface area (Å²) in [7, 11) is 0. The number of hydrogen-bond acceptors (Lipinski definition) is 2. The van der Waals surface area contributed by atoms with E-state index in [2.05, 4.69) is 24.5 Å². The molecule has 1 heterocycles. The summed E-state index contributed by atoms with van der Waals surface area (Å²) >= 11 is 0. The summed E-state index contributed by atoms with van der Waals surface area (Å²) in [5.41, 5.74) is 2.16. The molecule has 0 spiro atoms. The third kappa shape index (κ3) is 2.87. The number of carbonyl (C=O) groups is 1. The molecule has 0 amide bonds. The number of fused-ring (bicyclic) bond motifs is 1. The van der Waals surface area contributed by atoms with E-state index in [-0.39, 0.29) is 5.92 Å². The Labute approximate surface area is 126 Å². The molecule has 2 unspecified atom stereocenters. The van der Waals surface area contributed by atoms with Gasteiger partial charge < -0.3 is 4.57 Å². The van der Waals surface area contributed by atoms with E-state index < -0.39 is 0 Å². The molecule has 21 heavy (non-hydrogen) atoms. The summed E-state index contributed by atoms with van der Waals surface area (Å²) in [5.74, 6) is 2.29. The zero-order valence-electron chi connectivity index (χ0n) is 13.0. The van der Waals surface area contributed by atoms with Gasteiger partial charge in [0.05, 0.1) is 17.5 Å². The molecule has 1 aromatic carbocycles. The lowest BCUT2D eigenvalue weighted by Crippen LogP contribution is -2.17.